The molecular formula is C7H17N3. The normalized spacial score (nSPS) is 23.4. The van der Waals surface area contributed by atoms with Crippen molar-refractivity contribution in [2.75, 3.05) is 27.2 Å². The first kappa shape index (κ1) is 7.98. The van der Waals surface area contributed by atoms with Crippen molar-refractivity contribution >= 4 is 0 Å². The number of piperidine rings is 1. The fraction of sp³-hybridized carbons (Fsp3) is 1.00. The van der Waals surface area contributed by atoms with Gasteiger partial charge in [0.25, 0.3) is 0 Å². The molecule has 0 radical (unpaired) electrons. The lowest BCUT2D eigenvalue weighted by atomic mass is 10.1. The summed E-state index contributed by atoms with van der Waals surface area (Å²) in [4.78, 5) is 2.37. The Morgan fingerprint density at radius 1 is 1.30 bits per heavy atom. The van der Waals surface area contributed by atoms with E-state index in [0.29, 0.717) is 6.04 Å². The van der Waals surface area contributed by atoms with Gasteiger partial charge in [-0.15, -0.1) is 0 Å². The van der Waals surface area contributed by atoms with Crippen LogP contribution in [0.4, 0.5) is 0 Å². The molecule has 0 unspecified atom stereocenters. The third-order valence-electron chi connectivity index (χ3n) is 2.07. The molecule has 1 saturated heterocycles. The van der Waals surface area contributed by atoms with Crippen LogP contribution in [0, 0.1) is 0 Å². The van der Waals surface area contributed by atoms with Crippen LogP contribution < -0.4 is 10.9 Å². The van der Waals surface area contributed by atoms with Crippen molar-refractivity contribution in [1.82, 2.24) is 15.8 Å². The number of nitrogens with zero attached hydrogens (tertiary/aromatic N) is 1. The lowest BCUT2D eigenvalue weighted by molar-refractivity contribution is 0.226. The van der Waals surface area contributed by atoms with E-state index in [1.165, 1.54) is 25.9 Å². The van der Waals surface area contributed by atoms with Crippen LogP contribution in [0.5, 0.6) is 0 Å². The van der Waals surface area contributed by atoms with Crippen molar-refractivity contribution in [3.05, 3.63) is 0 Å². The second-order valence-electron chi connectivity index (χ2n) is 2.97. The number of hydrazine groups is 1. The maximum Gasteiger partial charge on any atom is 0.0237 e. The molecule has 3 heteroatoms. The minimum atomic E-state index is 0.682. The second kappa shape index (κ2) is 3.91. The summed E-state index contributed by atoms with van der Waals surface area (Å²) < 4.78 is 0. The molecule has 1 heterocycles. The molecule has 1 aliphatic heterocycles. The third-order valence-corrected chi connectivity index (χ3v) is 2.07. The lowest BCUT2D eigenvalue weighted by Gasteiger charge is -2.29. The van der Waals surface area contributed by atoms with Crippen molar-refractivity contribution in [1.29, 1.82) is 0 Å². The topological polar surface area (TPSA) is 27.3 Å². The molecule has 0 bridgehead atoms. The molecule has 0 saturated carbocycles. The summed E-state index contributed by atoms with van der Waals surface area (Å²) in [6.07, 6.45) is 2.52. The molecule has 0 spiro atoms. The Morgan fingerprint density at radius 3 is 2.40 bits per heavy atom. The molecule has 0 amide bonds. The van der Waals surface area contributed by atoms with Crippen LogP contribution in [0.3, 0.4) is 0 Å². The fourth-order valence-corrected chi connectivity index (χ4v) is 1.36. The van der Waals surface area contributed by atoms with Gasteiger partial charge >= 0.3 is 0 Å². The molecule has 3 nitrogen and oxygen atoms in total. The molecule has 1 aliphatic rings. The van der Waals surface area contributed by atoms with Crippen molar-refractivity contribution in [3.8, 4) is 0 Å². The summed E-state index contributed by atoms with van der Waals surface area (Å²) in [5.74, 6) is 0. The van der Waals surface area contributed by atoms with Crippen LogP contribution in [0.25, 0.3) is 0 Å². The van der Waals surface area contributed by atoms with Crippen LogP contribution in [0.15, 0.2) is 0 Å². The fourth-order valence-electron chi connectivity index (χ4n) is 1.36. The van der Waals surface area contributed by atoms with Crippen LogP contribution >= 0.6 is 0 Å². The van der Waals surface area contributed by atoms with Crippen LogP contribution in [0.2, 0.25) is 0 Å². The molecule has 60 valence electrons. The van der Waals surface area contributed by atoms with Gasteiger partial charge in [-0.1, -0.05) is 0 Å². The summed E-state index contributed by atoms with van der Waals surface area (Å²) in [5.41, 5.74) is 6.21. The predicted molar refractivity (Wildman–Crippen MR) is 42.7 cm³/mol. The largest absolute Gasteiger partial charge is 0.306 e. The van der Waals surface area contributed by atoms with Crippen molar-refractivity contribution in [2.45, 2.75) is 18.9 Å². The Hall–Kier alpha value is -0.120. The first-order valence-electron chi connectivity index (χ1n) is 3.93. The molecule has 0 aliphatic carbocycles. The number of rotatable bonds is 2. The van der Waals surface area contributed by atoms with Gasteiger partial charge in [0.05, 0.1) is 0 Å². The highest BCUT2D eigenvalue weighted by Crippen LogP contribution is 2.06. The number of likely N-dealkylation sites (tertiary alicyclic amines) is 1. The van der Waals surface area contributed by atoms with Gasteiger partial charge in [0.1, 0.15) is 0 Å². The molecule has 0 atom stereocenters. The molecular weight excluding hydrogens is 126 g/mol. The highest BCUT2D eigenvalue weighted by Gasteiger charge is 2.14. The van der Waals surface area contributed by atoms with Crippen molar-refractivity contribution in [2.24, 2.45) is 0 Å². The first-order chi connectivity index (χ1) is 4.83. The molecule has 1 rings (SSSR count). The second-order valence-corrected chi connectivity index (χ2v) is 2.97. The van der Waals surface area contributed by atoms with Crippen LogP contribution in [-0.2, 0) is 0 Å². The molecule has 0 aromatic carbocycles. The van der Waals surface area contributed by atoms with Crippen molar-refractivity contribution in [3.63, 3.8) is 0 Å². The van der Waals surface area contributed by atoms with Gasteiger partial charge in [-0.05, 0) is 40.0 Å². The van der Waals surface area contributed by atoms with E-state index < -0.39 is 0 Å². The van der Waals surface area contributed by atoms with Gasteiger partial charge < -0.3 is 4.90 Å². The minimum Gasteiger partial charge on any atom is -0.306 e. The highest BCUT2D eigenvalue weighted by molar-refractivity contribution is 4.73. The van der Waals surface area contributed by atoms with E-state index in [1.807, 2.05) is 7.05 Å². The van der Waals surface area contributed by atoms with Gasteiger partial charge in [0.2, 0.25) is 0 Å². The summed E-state index contributed by atoms with van der Waals surface area (Å²) >= 11 is 0. The van der Waals surface area contributed by atoms with E-state index in [9.17, 15) is 0 Å². The summed E-state index contributed by atoms with van der Waals surface area (Å²) in [6, 6.07) is 0.682. The van der Waals surface area contributed by atoms with E-state index in [1.54, 1.807) is 0 Å². The Balaban J connectivity index is 2.13. The summed E-state index contributed by atoms with van der Waals surface area (Å²) in [5, 5.41) is 0. The van der Waals surface area contributed by atoms with Gasteiger partial charge in [-0.3, -0.25) is 10.9 Å². The Morgan fingerprint density at radius 2 is 1.90 bits per heavy atom. The zero-order valence-corrected chi connectivity index (χ0v) is 6.85. The standard InChI is InChI=1S/C7H17N3/c1-8-9-7-3-5-10(2)6-4-7/h7-9H,3-6H2,1-2H3. The Bertz CT molecular complexity index is 86.9. The SMILES string of the molecule is CNNC1CCN(C)CC1. The molecule has 0 aromatic rings. The van der Waals surface area contributed by atoms with Gasteiger partial charge in [0.15, 0.2) is 0 Å². The maximum absolute atomic E-state index is 3.23. The third kappa shape index (κ3) is 2.25. The van der Waals surface area contributed by atoms with Crippen LogP contribution in [0.1, 0.15) is 12.8 Å². The Labute approximate surface area is 62.8 Å². The average molecular weight is 143 g/mol. The number of nitrogens with one attached hydrogen (secondary N) is 2. The number of hydrogen-bond acceptors (Lipinski definition) is 3. The van der Waals surface area contributed by atoms with Crippen molar-refractivity contribution < 1.29 is 0 Å². The van der Waals surface area contributed by atoms with E-state index in [-0.39, 0.29) is 0 Å². The lowest BCUT2D eigenvalue weighted by Crippen LogP contribution is -2.45. The molecule has 0 aromatic heterocycles. The Kier molecular flexibility index (Phi) is 3.12. The summed E-state index contributed by atoms with van der Waals surface area (Å²) in [6.45, 7) is 2.44. The highest BCUT2D eigenvalue weighted by atomic mass is 15.4. The first-order valence-corrected chi connectivity index (χ1v) is 3.93. The molecule has 1 fully saturated rings. The van der Waals surface area contributed by atoms with Crippen LogP contribution in [-0.4, -0.2) is 38.1 Å². The monoisotopic (exact) mass is 143 g/mol. The van der Waals surface area contributed by atoms with E-state index >= 15 is 0 Å². The molecule has 2 N–H and O–H groups in total. The quantitative estimate of drug-likeness (QED) is 0.524. The summed E-state index contributed by atoms with van der Waals surface area (Å²) in [7, 11) is 4.11. The zero-order chi connectivity index (χ0) is 7.40. The zero-order valence-electron chi connectivity index (χ0n) is 6.85. The maximum atomic E-state index is 3.23. The number of hydrogen-bond donors (Lipinski definition) is 2. The molecule has 10 heavy (non-hydrogen) atoms. The smallest absolute Gasteiger partial charge is 0.0237 e. The average Bonchev–Trinajstić information content (AvgIpc) is 1.95. The van der Waals surface area contributed by atoms with E-state index in [0.717, 1.165) is 0 Å². The van der Waals surface area contributed by atoms with Gasteiger partial charge in [-0.25, -0.2) is 0 Å². The predicted octanol–water partition coefficient (Wildman–Crippen LogP) is -0.195. The van der Waals surface area contributed by atoms with E-state index in [2.05, 4.69) is 22.8 Å². The van der Waals surface area contributed by atoms with Gasteiger partial charge in [-0.2, -0.15) is 0 Å². The van der Waals surface area contributed by atoms with E-state index in [4.69, 9.17) is 0 Å². The van der Waals surface area contributed by atoms with Gasteiger partial charge in [0, 0.05) is 6.04 Å². The minimum absolute atomic E-state index is 0.682.